The number of hydrogen-bond acceptors (Lipinski definition) is 2. The zero-order chi connectivity index (χ0) is 17.9. The van der Waals surface area contributed by atoms with Gasteiger partial charge < -0.3 is 4.74 Å². The molecule has 0 aliphatic carbocycles. The molecule has 3 atom stereocenters. The zero-order valence-corrected chi connectivity index (χ0v) is 14.5. The minimum absolute atomic E-state index is 0.124. The fourth-order valence-electron chi connectivity index (χ4n) is 2.73. The Morgan fingerprint density at radius 1 is 1.00 bits per heavy atom. The molecule has 1 fully saturated rings. The summed E-state index contributed by atoms with van der Waals surface area (Å²) < 4.78 is 31.8. The van der Waals surface area contributed by atoms with Gasteiger partial charge in [0.25, 0.3) is 0 Å². The van der Waals surface area contributed by atoms with Gasteiger partial charge in [-0.3, -0.25) is 4.90 Å². The molecule has 0 N–H and O–H groups in total. The average Bonchev–Trinajstić information content (AvgIpc) is 2.15. The maximum absolute atomic E-state index is 8.63. The third kappa shape index (κ3) is 3.95. The summed E-state index contributed by atoms with van der Waals surface area (Å²) in [6.07, 6.45) is -1.84. The molecule has 2 nitrogen and oxygen atoms in total. The summed E-state index contributed by atoms with van der Waals surface area (Å²) in [6, 6.07) is -0.124. The minimum atomic E-state index is -1.87. The van der Waals surface area contributed by atoms with Gasteiger partial charge in [-0.1, -0.05) is 41.5 Å². The van der Waals surface area contributed by atoms with Crippen LogP contribution < -0.4 is 0 Å². The van der Waals surface area contributed by atoms with Crippen molar-refractivity contribution >= 4 is 0 Å². The van der Waals surface area contributed by atoms with Gasteiger partial charge in [0.1, 0.15) is 0 Å². The number of morpholine rings is 1. The molecule has 114 valence electrons. The van der Waals surface area contributed by atoms with Crippen molar-refractivity contribution in [1.82, 2.24) is 4.90 Å². The molecule has 0 saturated carbocycles. The first-order chi connectivity index (χ1) is 9.33. The zero-order valence-electron chi connectivity index (χ0n) is 17.5. The van der Waals surface area contributed by atoms with Crippen molar-refractivity contribution in [2.75, 3.05) is 6.50 Å². The van der Waals surface area contributed by atoms with Crippen LogP contribution >= 0.6 is 0 Å². The highest BCUT2D eigenvalue weighted by molar-refractivity contribution is 5.01. The molecule has 0 amide bonds. The Balaban J connectivity index is 3.61. The lowest BCUT2D eigenvalue weighted by Crippen LogP contribution is -2.67. The molecule has 19 heavy (non-hydrogen) atoms. The molecule has 1 rings (SSSR count). The fourth-order valence-corrected chi connectivity index (χ4v) is 2.73. The summed E-state index contributed by atoms with van der Waals surface area (Å²) in [5, 5.41) is 0. The first-order valence-corrected chi connectivity index (χ1v) is 7.31. The van der Waals surface area contributed by atoms with E-state index in [9.17, 15) is 0 Å². The second-order valence-electron chi connectivity index (χ2n) is 8.92. The Bertz CT molecular complexity index is 413. The van der Waals surface area contributed by atoms with E-state index in [-0.39, 0.29) is 23.0 Å². The van der Waals surface area contributed by atoms with Crippen molar-refractivity contribution in [3.63, 3.8) is 0 Å². The summed E-state index contributed by atoms with van der Waals surface area (Å²) in [6.45, 7) is 18.4. The van der Waals surface area contributed by atoms with Crippen LogP contribution in [0.15, 0.2) is 0 Å². The normalized spacial score (nSPS) is 40.4. The van der Waals surface area contributed by atoms with Gasteiger partial charge in [0.15, 0.2) is 0 Å². The Hall–Kier alpha value is -0.0800. The van der Waals surface area contributed by atoms with Gasteiger partial charge >= 0.3 is 0 Å². The van der Waals surface area contributed by atoms with E-state index in [1.807, 2.05) is 25.7 Å². The largest absolute Gasteiger partial charge is 0.372 e. The average molecular weight is 272 g/mol. The van der Waals surface area contributed by atoms with E-state index >= 15 is 0 Å². The van der Waals surface area contributed by atoms with Crippen LogP contribution in [0.2, 0.25) is 0 Å². The molecule has 0 spiro atoms. The molecule has 0 aromatic heterocycles. The van der Waals surface area contributed by atoms with Gasteiger partial charge in [-0.05, 0) is 38.5 Å². The summed E-state index contributed by atoms with van der Waals surface area (Å²) in [7, 11) is 0. The van der Waals surface area contributed by atoms with E-state index < -0.39 is 18.1 Å². The van der Waals surface area contributed by atoms with Crippen molar-refractivity contribution in [3.8, 4) is 0 Å². The number of ether oxygens (including phenoxy) is 1. The molecule has 2 heteroatoms. The molecular weight excluding hydrogens is 234 g/mol. The lowest BCUT2D eigenvalue weighted by Gasteiger charge is -2.57. The SMILES string of the molecule is [2H]C1(C)OC(C(C)(C)C)C(C(C)(C)C)N(C(C)(C)C)C1([2H])[2H]. The van der Waals surface area contributed by atoms with Crippen LogP contribution in [0.3, 0.4) is 0 Å². The molecule has 1 saturated heterocycles. The molecule has 1 aliphatic rings. The second-order valence-corrected chi connectivity index (χ2v) is 8.92. The van der Waals surface area contributed by atoms with Crippen LogP contribution in [-0.4, -0.2) is 35.2 Å². The second kappa shape index (κ2) is 5.04. The summed E-state index contributed by atoms with van der Waals surface area (Å²) in [5.74, 6) is 0. The Kier molecular flexibility index (Phi) is 3.35. The Morgan fingerprint density at radius 2 is 1.47 bits per heavy atom. The van der Waals surface area contributed by atoms with Crippen LogP contribution in [0.1, 0.15) is 73.3 Å². The van der Waals surface area contributed by atoms with Gasteiger partial charge in [-0.2, -0.15) is 0 Å². The highest BCUT2D eigenvalue weighted by atomic mass is 16.5. The number of hydrogen-bond donors (Lipinski definition) is 0. The van der Waals surface area contributed by atoms with Crippen molar-refractivity contribution in [2.24, 2.45) is 10.8 Å². The summed E-state index contributed by atoms with van der Waals surface area (Å²) in [4.78, 5) is 1.88. The smallest absolute Gasteiger partial charge is 0.0787 e. The predicted molar refractivity (Wildman–Crippen MR) is 83.5 cm³/mol. The molecule has 0 bridgehead atoms. The molecule has 0 radical (unpaired) electrons. The van der Waals surface area contributed by atoms with Gasteiger partial charge in [0, 0.05) is 20.8 Å². The summed E-state index contributed by atoms with van der Waals surface area (Å²) >= 11 is 0. The highest BCUT2D eigenvalue weighted by Crippen LogP contribution is 2.42. The van der Waals surface area contributed by atoms with Crippen LogP contribution in [0.25, 0.3) is 0 Å². The summed E-state index contributed by atoms with van der Waals surface area (Å²) in [5.41, 5.74) is -0.758. The lowest BCUT2D eigenvalue weighted by atomic mass is 9.71. The van der Waals surface area contributed by atoms with E-state index in [1.54, 1.807) is 6.92 Å². The molecule has 0 aromatic rings. The monoisotopic (exact) mass is 272 g/mol. The maximum Gasteiger partial charge on any atom is 0.0787 e. The van der Waals surface area contributed by atoms with Crippen LogP contribution in [-0.2, 0) is 4.74 Å². The Labute approximate surface area is 125 Å². The molecule has 0 aromatic carbocycles. The maximum atomic E-state index is 8.63. The predicted octanol–water partition coefficient (Wildman–Crippen LogP) is 4.34. The third-order valence-electron chi connectivity index (χ3n) is 3.61. The van der Waals surface area contributed by atoms with E-state index in [1.165, 1.54) is 0 Å². The van der Waals surface area contributed by atoms with Crippen molar-refractivity contribution in [1.29, 1.82) is 0 Å². The molecular formula is C17H35NO. The van der Waals surface area contributed by atoms with Crippen LogP contribution in [0.4, 0.5) is 0 Å². The van der Waals surface area contributed by atoms with E-state index in [0.29, 0.717) is 0 Å². The number of rotatable bonds is 0. The number of nitrogens with zero attached hydrogens (tertiary/aromatic N) is 1. The minimum Gasteiger partial charge on any atom is -0.372 e. The first kappa shape index (κ1) is 12.6. The van der Waals surface area contributed by atoms with Crippen molar-refractivity contribution in [2.45, 2.75) is 93.0 Å². The first-order valence-electron chi connectivity index (χ1n) is 8.81. The Morgan fingerprint density at radius 3 is 1.79 bits per heavy atom. The third-order valence-corrected chi connectivity index (χ3v) is 3.61. The lowest BCUT2D eigenvalue weighted by molar-refractivity contribution is -0.195. The van der Waals surface area contributed by atoms with E-state index in [4.69, 9.17) is 8.85 Å². The van der Waals surface area contributed by atoms with Gasteiger partial charge in [0.05, 0.1) is 13.6 Å². The quantitative estimate of drug-likeness (QED) is 0.650. The fraction of sp³-hybridized carbons (Fsp3) is 1.00. The van der Waals surface area contributed by atoms with Gasteiger partial charge in [0.2, 0.25) is 0 Å². The van der Waals surface area contributed by atoms with Crippen LogP contribution in [0, 0.1) is 10.8 Å². The molecule has 1 aliphatic heterocycles. The van der Waals surface area contributed by atoms with Crippen LogP contribution in [0.5, 0.6) is 0 Å². The molecule has 3 unspecified atom stereocenters. The molecule has 1 heterocycles. The van der Waals surface area contributed by atoms with Gasteiger partial charge in [-0.25, -0.2) is 0 Å². The van der Waals surface area contributed by atoms with Crippen molar-refractivity contribution in [3.05, 3.63) is 0 Å². The standard InChI is InChI=1S/C17H35NO/c1-12-11-18(17(8,9)10)13(15(2,3)4)14(19-12)16(5,6)7/h12-14H,11H2,1-10H3/i11D2,12D. The van der Waals surface area contributed by atoms with Crippen molar-refractivity contribution < 1.29 is 8.85 Å². The van der Waals surface area contributed by atoms with Gasteiger partial charge in [-0.15, -0.1) is 0 Å². The van der Waals surface area contributed by atoms with E-state index in [2.05, 4.69) is 41.5 Å². The topological polar surface area (TPSA) is 12.5 Å². The highest BCUT2D eigenvalue weighted by Gasteiger charge is 2.49. The van der Waals surface area contributed by atoms with E-state index in [0.717, 1.165) is 0 Å².